The van der Waals surface area contributed by atoms with Crippen LogP contribution in [0.4, 0.5) is 5.82 Å². The van der Waals surface area contributed by atoms with Gasteiger partial charge < -0.3 is 15.2 Å². The molecule has 1 aliphatic heterocycles. The third kappa shape index (κ3) is 1.77. The zero-order chi connectivity index (χ0) is 12.6. The lowest BCUT2D eigenvalue weighted by atomic mass is 9.93. The van der Waals surface area contributed by atoms with Crippen LogP contribution in [-0.2, 0) is 15.1 Å². The van der Waals surface area contributed by atoms with E-state index in [-0.39, 0.29) is 0 Å². The van der Waals surface area contributed by atoms with Crippen LogP contribution in [0.3, 0.4) is 0 Å². The van der Waals surface area contributed by atoms with E-state index < -0.39 is 5.60 Å². The fourth-order valence-corrected chi connectivity index (χ4v) is 3.07. The number of thiophene rings is 1. The van der Waals surface area contributed by atoms with Crippen LogP contribution >= 0.6 is 11.3 Å². The van der Waals surface area contributed by atoms with Gasteiger partial charge in [-0.05, 0) is 11.4 Å². The zero-order valence-electron chi connectivity index (χ0n) is 10.2. The van der Waals surface area contributed by atoms with Crippen LogP contribution in [0.2, 0.25) is 0 Å². The summed E-state index contributed by atoms with van der Waals surface area (Å²) in [4.78, 5) is 9.96. The van der Waals surface area contributed by atoms with Crippen molar-refractivity contribution < 1.29 is 9.47 Å². The summed E-state index contributed by atoms with van der Waals surface area (Å²) >= 11 is 1.57. The summed E-state index contributed by atoms with van der Waals surface area (Å²) in [6.07, 6.45) is 1.53. The number of nitrogens with zero attached hydrogens (tertiary/aromatic N) is 2. The number of methoxy groups -OCH3 is 1. The van der Waals surface area contributed by atoms with Crippen molar-refractivity contribution in [2.45, 2.75) is 18.4 Å². The number of hydrogen-bond acceptors (Lipinski definition) is 6. The van der Waals surface area contributed by atoms with Gasteiger partial charge in [0.2, 0.25) is 0 Å². The van der Waals surface area contributed by atoms with E-state index in [9.17, 15) is 0 Å². The molecule has 5 nitrogen and oxygen atoms in total. The molecule has 0 saturated carbocycles. The van der Waals surface area contributed by atoms with Gasteiger partial charge in [0.05, 0.1) is 5.39 Å². The first-order chi connectivity index (χ1) is 8.75. The van der Waals surface area contributed by atoms with E-state index in [0.29, 0.717) is 24.9 Å². The number of nitrogens with two attached hydrogens (primary N) is 1. The number of rotatable bonds is 2. The van der Waals surface area contributed by atoms with Gasteiger partial charge in [-0.1, -0.05) is 0 Å². The highest BCUT2D eigenvalue weighted by atomic mass is 32.1. The number of fused-ring (bicyclic) bond motifs is 1. The second kappa shape index (κ2) is 4.46. The molecule has 0 bridgehead atoms. The molecule has 0 amide bonds. The lowest BCUT2D eigenvalue weighted by Crippen LogP contribution is -2.37. The minimum Gasteiger partial charge on any atom is -0.383 e. The molecule has 1 fully saturated rings. The van der Waals surface area contributed by atoms with E-state index >= 15 is 0 Å². The summed E-state index contributed by atoms with van der Waals surface area (Å²) in [6, 6.07) is 1.95. The number of nitrogen functional groups attached to an aromatic ring is 1. The van der Waals surface area contributed by atoms with Gasteiger partial charge in [-0.15, -0.1) is 11.3 Å². The summed E-state index contributed by atoms with van der Waals surface area (Å²) in [7, 11) is 1.70. The van der Waals surface area contributed by atoms with Crippen LogP contribution in [0.25, 0.3) is 10.2 Å². The first kappa shape index (κ1) is 11.8. The van der Waals surface area contributed by atoms with Gasteiger partial charge in [-0.25, -0.2) is 9.97 Å². The Labute approximate surface area is 109 Å². The van der Waals surface area contributed by atoms with Crippen molar-refractivity contribution in [1.29, 1.82) is 0 Å². The minimum atomic E-state index is -0.454. The van der Waals surface area contributed by atoms with Crippen molar-refractivity contribution in [1.82, 2.24) is 9.97 Å². The van der Waals surface area contributed by atoms with Crippen LogP contribution in [0.15, 0.2) is 11.4 Å². The van der Waals surface area contributed by atoms with Crippen LogP contribution in [0.5, 0.6) is 0 Å². The Balaban J connectivity index is 2.11. The second-order valence-corrected chi connectivity index (χ2v) is 5.28. The van der Waals surface area contributed by atoms with Gasteiger partial charge >= 0.3 is 0 Å². The summed E-state index contributed by atoms with van der Waals surface area (Å²) in [5, 5.41) is 2.89. The molecule has 3 heterocycles. The Morgan fingerprint density at radius 2 is 2.17 bits per heavy atom. The number of hydrogen-bond donors (Lipinski definition) is 1. The average Bonchev–Trinajstić information content (AvgIpc) is 2.88. The molecular formula is C12H15N3O2S. The maximum absolute atomic E-state index is 5.99. The Morgan fingerprint density at radius 3 is 2.89 bits per heavy atom. The lowest BCUT2D eigenvalue weighted by Gasteiger charge is -2.34. The third-order valence-electron chi connectivity index (χ3n) is 3.45. The molecule has 2 aromatic heterocycles. The molecule has 18 heavy (non-hydrogen) atoms. The molecular weight excluding hydrogens is 250 g/mol. The summed E-state index contributed by atoms with van der Waals surface area (Å²) in [6.45, 7) is 1.33. The quantitative estimate of drug-likeness (QED) is 0.898. The van der Waals surface area contributed by atoms with Gasteiger partial charge in [-0.2, -0.15) is 0 Å². The predicted octanol–water partition coefficient (Wildman–Crippen LogP) is 1.93. The van der Waals surface area contributed by atoms with Crippen molar-refractivity contribution in [3.63, 3.8) is 0 Å². The first-order valence-electron chi connectivity index (χ1n) is 5.89. The van der Waals surface area contributed by atoms with E-state index in [0.717, 1.165) is 23.1 Å². The molecule has 0 aliphatic carbocycles. The molecule has 0 radical (unpaired) electrons. The van der Waals surface area contributed by atoms with E-state index in [1.807, 2.05) is 11.4 Å². The van der Waals surface area contributed by atoms with Crippen LogP contribution in [0, 0.1) is 0 Å². The Kier molecular flexibility index (Phi) is 2.93. The SMILES string of the molecule is COC1(c2nc(N)c3ccsc3n2)CCOCC1. The van der Waals surface area contributed by atoms with Crippen LogP contribution < -0.4 is 5.73 Å². The van der Waals surface area contributed by atoms with Crippen molar-refractivity contribution in [3.8, 4) is 0 Å². The molecule has 96 valence electrons. The Hall–Kier alpha value is -1.24. The van der Waals surface area contributed by atoms with Crippen molar-refractivity contribution in [2.75, 3.05) is 26.1 Å². The molecule has 2 N–H and O–H groups in total. The van der Waals surface area contributed by atoms with Gasteiger partial charge in [0.15, 0.2) is 5.82 Å². The molecule has 0 atom stereocenters. The van der Waals surface area contributed by atoms with E-state index in [4.69, 9.17) is 15.2 Å². The third-order valence-corrected chi connectivity index (χ3v) is 4.26. The molecule has 6 heteroatoms. The van der Waals surface area contributed by atoms with Gasteiger partial charge in [0.25, 0.3) is 0 Å². The fourth-order valence-electron chi connectivity index (χ4n) is 2.30. The summed E-state index contributed by atoms with van der Waals surface area (Å²) in [5.41, 5.74) is 5.54. The van der Waals surface area contributed by atoms with Crippen molar-refractivity contribution in [3.05, 3.63) is 17.3 Å². The molecule has 0 spiro atoms. The second-order valence-electron chi connectivity index (χ2n) is 4.38. The average molecular weight is 265 g/mol. The Bertz CT molecular complexity index is 563. The molecule has 0 aromatic carbocycles. The van der Waals surface area contributed by atoms with Gasteiger partial charge in [-0.3, -0.25) is 0 Å². The van der Waals surface area contributed by atoms with Gasteiger partial charge in [0, 0.05) is 33.2 Å². The Morgan fingerprint density at radius 1 is 1.39 bits per heavy atom. The number of anilines is 1. The fraction of sp³-hybridized carbons (Fsp3) is 0.500. The first-order valence-corrected chi connectivity index (χ1v) is 6.77. The molecule has 2 aromatic rings. The highest BCUT2D eigenvalue weighted by Gasteiger charge is 2.38. The van der Waals surface area contributed by atoms with E-state index in [1.54, 1.807) is 18.4 Å². The monoisotopic (exact) mass is 265 g/mol. The molecule has 1 saturated heterocycles. The topological polar surface area (TPSA) is 70.3 Å². The zero-order valence-corrected chi connectivity index (χ0v) is 11.0. The van der Waals surface area contributed by atoms with Crippen molar-refractivity contribution >= 4 is 27.4 Å². The van der Waals surface area contributed by atoms with E-state index in [2.05, 4.69) is 9.97 Å². The number of ether oxygens (including phenoxy) is 2. The van der Waals surface area contributed by atoms with Crippen LogP contribution in [0.1, 0.15) is 18.7 Å². The standard InChI is InChI=1S/C12H15N3O2S/c1-16-12(3-5-17-6-4-12)11-14-9(13)8-2-7-18-10(8)15-11/h2,7H,3-6H2,1H3,(H2,13,14,15). The van der Waals surface area contributed by atoms with Gasteiger partial charge in [0.1, 0.15) is 16.2 Å². The highest BCUT2D eigenvalue weighted by molar-refractivity contribution is 7.16. The lowest BCUT2D eigenvalue weighted by molar-refractivity contribution is -0.0997. The molecule has 0 unspecified atom stereocenters. The predicted molar refractivity (Wildman–Crippen MR) is 70.6 cm³/mol. The molecule has 1 aliphatic rings. The number of aromatic nitrogens is 2. The van der Waals surface area contributed by atoms with E-state index in [1.165, 1.54) is 0 Å². The maximum atomic E-state index is 5.99. The summed E-state index contributed by atoms with van der Waals surface area (Å²) in [5.74, 6) is 1.21. The minimum absolute atomic E-state index is 0.454. The largest absolute Gasteiger partial charge is 0.383 e. The summed E-state index contributed by atoms with van der Waals surface area (Å²) < 4.78 is 11.1. The van der Waals surface area contributed by atoms with Crippen LogP contribution in [-0.4, -0.2) is 30.3 Å². The maximum Gasteiger partial charge on any atom is 0.164 e. The smallest absolute Gasteiger partial charge is 0.164 e. The molecule has 3 rings (SSSR count). The highest BCUT2D eigenvalue weighted by Crippen LogP contribution is 2.35. The van der Waals surface area contributed by atoms with Crippen molar-refractivity contribution in [2.24, 2.45) is 0 Å². The normalized spacial score (nSPS) is 19.2.